The summed E-state index contributed by atoms with van der Waals surface area (Å²) < 4.78 is 26.3. The molecular formula is C10H7Cl2N3O2S. The Kier molecular flexibility index (Phi) is 3.70. The Morgan fingerprint density at radius 3 is 2.56 bits per heavy atom. The highest BCUT2D eigenvalue weighted by Crippen LogP contribution is 2.24. The van der Waals surface area contributed by atoms with Gasteiger partial charge in [-0.15, -0.1) is 0 Å². The van der Waals surface area contributed by atoms with E-state index in [1.807, 2.05) is 0 Å². The molecule has 18 heavy (non-hydrogen) atoms. The minimum absolute atomic E-state index is 0.0408. The normalized spacial score (nSPS) is 11.2. The van der Waals surface area contributed by atoms with E-state index in [1.165, 1.54) is 24.5 Å². The van der Waals surface area contributed by atoms with Crippen LogP contribution in [0.1, 0.15) is 0 Å². The maximum absolute atomic E-state index is 12.0. The third-order valence-electron chi connectivity index (χ3n) is 2.01. The van der Waals surface area contributed by atoms with Gasteiger partial charge in [-0.2, -0.15) is 0 Å². The molecule has 0 aromatic carbocycles. The number of sulfonamides is 1. The molecular weight excluding hydrogens is 297 g/mol. The number of nitrogens with zero attached hydrogens (tertiary/aromatic N) is 2. The lowest BCUT2D eigenvalue weighted by Gasteiger charge is -2.08. The van der Waals surface area contributed by atoms with Gasteiger partial charge in [0, 0.05) is 18.6 Å². The Hall–Kier alpha value is -1.37. The third-order valence-corrected chi connectivity index (χ3v) is 4.13. The maximum Gasteiger partial charge on any atom is 0.266 e. The molecule has 2 aromatic heterocycles. The minimum atomic E-state index is -3.86. The molecule has 0 unspecified atom stereocenters. The summed E-state index contributed by atoms with van der Waals surface area (Å²) in [4.78, 5) is 7.42. The fourth-order valence-electron chi connectivity index (χ4n) is 1.20. The summed E-state index contributed by atoms with van der Waals surface area (Å²) in [6, 6.07) is 4.50. The molecule has 0 aliphatic heterocycles. The van der Waals surface area contributed by atoms with Crippen LogP contribution in [0, 0.1) is 0 Å². The van der Waals surface area contributed by atoms with E-state index >= 15 is 0 Å². The summed E-state index contributed by atoms with van der Waals surface area (Å²) in [7, 11) is -3.86. The van der Waals surface area contributed by atoms with Crippen LogP contribution in [0.4, 0.5) is 5.82 Å². The second-order valence-corrected chi connectivity index (χ2v) is 5.71. The molecule has 0 amide bonds. The molecule has 1 N–H and O–H groups in total. The zero-order valence-electron chi connectivity index (χ0n) is 8.84. The fraction of sp³-hybridized carbons (Fsp3) is 0. The molecule has 2 rings (SSSR count). The summed E-state index contributed by atoms with van der Waals surface area (Å²) in [6.07, 6.45) is 3.98. The average molecular weight is 304 g/mol. The molecule has 8 heteroatoms. The highest BCUT2D eigenvalue weighted by atomic mass is 35.5. The number of halogens is 2. The van der Waals surface area contributed by atoms with Gasteiger partial charge in [0.2, 0.25) is 0 Å². The number of aromatic nitrogens is 2. The number of hydrogen-bond donors (Lipinski definition) is 1. The van der Waals surface area contributed by atoms with Crippen molar-refractivity contribution in [3.05, 3.63) is 46.8 Å². The van der Waals surface area contributed by atoms with Crippen molar-refractivity contribution in [3.63, 3.8) is 0 Å². The van der Waals surface area contributed by atoms with Crippen molar-refractivity contribution in [1.82, 2.24) is 9.97 Å². The average Bonchev–Trinajstić information content (AvgIpc) is 2.32. The van der Waals surface area contributed by atoms with E-state index in [0.717, 1.165) is 6.20 Å². The van der Waals surface area contributed by atoms with Crippen LogP contribution in [0.15, 0.2) is 41.7 Å². The molecule has 2 heterocycles. The molecule has 0 radical (unpaired) electrons. The van der Waals surface area contributed by atoms with Crippen LogP contribution < -0.4 is 4.72 Å². The summed E-state index contributed by atoms with van der Waals surface area (Å²) in [5.74, 6) is 0.0408. The highest BCUT2D eigenvalue weighted by Gasteiger charge is 2.19. The second-order valence-electron chi connectivity index (χ2n) is 3.25. The molecule has 0 saturated carbocycles. The van der Waals surface area contributed by atoms with E-state index in [1.54, 1.807) is 6.07 Å². The summed E-state index contributed by atoms with van der Waals surface area (Å²) in [5, 5.41) is 0.269. The largest absolute Gasteiger partial charge is 0.266 e. The topological polar surface area (TPSA) is 72.0 Å². The maximum atomic E-state index is 12.0. The molecule has 2 aromatic rings. The molecule has 0 bridgehead atoms. The lowest BCUT2D eigenvalue weighted by Crippen LogP contribution is -2.14. The van der Waals surface area contributed by atoms with Gasteiger partial charge < -0.3 is 0 Å². The van der Waals surface area contributed by atoms with Gasteiger partial charge >= 0.3 is 0 Å². The number of pyridine rings is 2. The summed E-state index contributed by atoms with van der Waals surface area (Å²) in [6.45, 7) is 0. The Balaban J connectivity index is 2.40. The van der Waals surface area contributed by atoms with Crippen LogP contribution in [-0.2, 0) is 10.0 Å². The molecule has 94 valence electrons. The lowest BCUT2D eigenvalue weighted by atomic mass is 10.5. The van der Waals surface area contributed by atoms with E-state index in [2.05, 4.69) is 14.7 Å². The summed E-state index contributed by atoms with van der Waals surface area (Å²) in [5.41, 5.74) is 0. The van der Waals surface area contributed by atoms with Crippen LogP contribution in [0.25, 0.3) is 0 Å². The molecule has 0 aliphatic rings. The molecule has 0 saturated heterocycles. The zero-order chi connectivity index (χ0) is 13.2. The lowest BCUT2D eigenvalue weighted by molar-refractivity contribution is 0.600. The van der Waals surface area contributed by atoms with Crippen molar-refractivity contribution in [3.8, 4) is 0 Å². The number of anilines is 1. The smallest absolute Gasteiger partial charge is 0.263 e. The molecule has 0 aliphatic carbocycles. The van der Waals surface area contributed by atoms with Gasteiger partial charge in [0.15, 0.2) is 5.82 Å². The van der Waals surface area contributed by atoms with E-state index in [0.29, 0.717) is 0 Å². The first-order valence-electron chi connectivity index (χ1n) is 4.73. The van der Waals surface area contributed by atoms with Crippen LogP contribution in [-0.4, -0.2) is 18.4 Å². The standard InChI is InChI=1S/C10H7Cl2N3O2S/c11-7-3-5-13-6-9(7)18(16,17)15-10-8(12)2-1-4-14-10/h1-6H,(H,14,15). The van der Waals surface area contributed by atoms with Gasteiger partial charge in [0.05, 0.1) is 10.0 Å². The minimum Gasteiger partial charge on any atom is -0.263 e. The highest BCUT2D eigenvalue weighted by molar-refractivity contribution is 7.92. The van der Waals surface area contributed by atoms with Gasteiger partial charge in [-0.05, 0) is 18.2 Å². The van der Waals surface area contributed by atoms with Crippen LogP contribution >= 0.6 is 23.2 Å². The van der Waals surface area contributed by atoms with Gasteiger partial charge in [-0.3, -0.25) is 9.71 Å². The zero-order valence-corrected chi connectivity index (χ0v) is 11.2. The number of rotatable bonds is 3. The molecule has 5 nitrogen and oxygen atoms in total. The number of nitrogens with one attached hydrogen (secondary N) is 1. The Labute approximate surface area is 114 Å². The molecule has 0 spiro atoms. The van der Waals surface area contributed by atoms with Gasteiger partial charge in [0.25, 0.3) is 10.0 Å². The van der Waals surface area contributed by atoms with E-state index in [4.69, 9.17) is 23.2 Å². The van der Waals surface area contributed by atoms with Crippen molar-refractivity contribution in [2.24, 2.45) is 0 Å². The SMILES string of the molecule is O=S(=O)(Nc1ncccc1Cl)c1cnccc1Cl. The fourth-order valence-corrected chi connectivity index (χ4v) is 2.89. The van der Waals surface area contributed by atoms with Gasteiger partial charge in [-0.1, -0.05) is 23.2 Å². The van der Waals surface area contributed by atoms with Crippen molar-refractivity contribution in [1.29, 1.82) is 0 Å². The molecule has 0 atom stereocenters. The van der Waals surface area contributed by atoms with Crippen molar-refractivity contribution in [2.75, 3.05) is 4.72 Å². The van der Waals surface area contributed by atoms with Crippen molar-refractivity contribution >= 4 is 39.0 Å². The van der Waals surface area contributed by atoms with Gasteiger partial charge in [-0.25, -0.2) is 13.4 Å². The third kappa shape index (κ3) is 2.72. The number of hydrogen-bond acceptors (Lipinski definition) is 4. The van der Waals surface area contributed by atoms with E-state index in [-0.39, 0.29) is 20.8 Å². The van der Waals surface area contributed by atoms with Crippen LogP contribution in [0.2, 0.25) is 10.0 Å². The van der Waals surface area contributed by atoms with Gasteiger partial charge in [0.1, 0.15) is 4.90 Å². The predicted octanol–water partition coefficient (Wildman–Crippen LogP) is 2.58. The first-order valence-corrected chi connectivity index (χ1v) is 6.97. The Bertz CT molecular complexity index is 676. The van der Waals surface area contributed by atoms with Crippen molar-refractivity contribution < 1.29 is 8.42 Å². The Morgan fingerprint density at radius 2 is 1.89 bits per heavy atom. The molecule has 0 fully saturated rings. The summed E-state index contributed by atoms with van der Waals surface area (Å²) >= 11 is 11.6. The van der Waals surface area contributed by atoms with Crippen molar-refractivity contribution in [2.45, 2.75) is 4.90 Å². The second kappa shape index (κ2) is 5.09. The first kappa shape index (κ1) is 13.1. The van der Waals surface area contributed by atoms with E-state index in [9.17, 15) is 8.42 Å². The van der Waals surface area contributed by atoms with Crippen LogP contribution in [0.3, 0.4) is 0 Å². The predicted molar refractivity (Wildman–Crippen MR) is 69.3 cm³/mol. The first-order chi connectivity index (χ1) is 8.50. The monoisotopic (exact) mass is 303 g/mol. The van der Waals surface area contributed by atoms with Crippen LogP contribution in [0.5, 0.6) is 0 Å². The quantitative estimate of drug-likeness (QED) is 0.946. The Morgan fingerprint density at radius 1 is 1.11 bits per heavy atom. The van der Waals surface area contributed by atoms with E-state index < -0.39 is 10.0 Å².